The highest BCUT2D eigenvalue weighted by molar-refractivity contribution is 5.67. The summed E-state index contributed by atoms with van der Waals surface area (Å²) in [7, 11) is 1.62. The van der Waals surface area contributed by atoms with Gasteiger partial charge in [-0.05, 0) is 24.1 Å². The lowest BCUT2D eigenvalue weighted by molar-refractivity contribution is 0.0190. The fraction of sp³-hybridized carbons (Fsp3) is 0.444. The van der Waals surface area contributed by atoms with Crippen LogP contribution >= 0.6 is 0 Å². The number of H-pyrrole nitrogens is 1. The number of benzene rings is 1. The van der Waals surface area contributed by atoms with Crippen LogP contribution in [-0.4, -0.2) is 59.6 Å². The predicted octanol–water partition coefficient (Wildman–Crippen LogP) is 0.631. The molecule has 0 radical (unpaired) electrons. The molecular weight excluding hydrogens is 336 g/mol. The Morgan fingerprint density at radius 1 is 1.38 bits per heavy atom. The molecule has 4 N–H and O–H groups in total. The van der Waals surface area contributed by atoms with E-state index in [0.29, 0.717) is 25.9 Å². The van der Waals surface area contributed by atoms with Crippen molar-refractivity contribution in [1.82, 2.24) is 20.6 Å². The maximum atomic E-state index is 12.0. The van der Waals surface area contributed by atoms with E-state index in [9.17, 15) is 9.90 Å². The van der Waals surface area contributed by atoms with Gasteiger partial charge in [0.25, 0.3) is 0 Å². The van der Waals surface area contributed by atoms with Crippen LogP contribution < -0.4 is 15.4 Å². The molecule has 2 aromatic rings. The zero-order valence-electron chi connectivity index (χ0n) is 14.6. The minimum Gasteiger partial charge on any atom is -0.497 e. The van der Waals surface area contributed by atoms with E-state index in [-0.39, 0.29) is 6.04 Å². The lowest BCUT2D eigenvalue weighted by Crippen LogP contribution is -2.41. The Balaban J connectivity index is 1.50. The highest BCUT2D eigenvalue weighted by atomic mass is 16.6. The van der Waals surface area contributed by atoms with Crippen LogP contribution in [0.2, 0.25) is 0 Å². The number of carbonyl (C=O) groups is 1. The number of ether oxygens (including phenoxy) is 2. The first-order valence-electron chi connectivity index (χ1n) is 8.63. The van der Waals surface area contributed by atoms with Crippen molar-refractivity contribution in [2.75, 3.05) is 20.2 Å². The normalized spacial score (nSPS) is 22.2. The van der Waals surface area contributed by atoms with E-state index < -0.39 is 18.3 Å². The van der Waals surface area contributed by atoms with E-state index in [2.05, 4.69) is 20.6 Å². The van der Waals surface area contributed by atoms with Gasteiger partial charge in [-0.3, -0.25) is 0 Å². The monoisotopic (exact) mass is 360 g/mol. The number of aliphatic hydroxyl groups excluding tert-OH is 1. The highest BCUT2D eigenvalue weighted by Gasteiger charge is 2.37. The number of hydrogen-bond acceptors (Lipinski definition) is 6. The number of nitrogens with zero attached hydrogens (tertiary/aromatic N) is 1. The molecule has 1 aromatic heterocycles. The fourth-order valence-corrected chi connectivity index (χ4v) is 3.02. The van der Waals surface area contributed by atoms with Crippen LogP contribution in [0.15, 0.2) is 36.7 Å². The van der Waals surface area contributed by atoms with Crippen LogP contribution in [0.4, 0.5) is 4.79 Å². The molecule has 1 aliphatic heterocycles. The second-order valence-electron chi connectivity index (χ2n) is 6.22. The van der Waals surface area contributed by atoms with Crippen LogP contribution in [0.1, 0.15) is 11.4 Å². The van der Waals surface area contributed by atoms with Gasteiger partial charge in [0, 0.05) is 31.9 Å². The van der Waals surface area contributed by atoms with E-state index in [0.717, 1.165) is 17.1 Å². The summed E-state index contributed by atoms with van der Waals surface area (Å²) in [5.41, 5.74) is 1.07. The maximum Gasteiger partial charge on any atom is 0.407 e. The number of aromatic amines is 1. The number of hydrogen-bond donors (Lipinski definition) is 4. The van der Waals surface area contributed by atoms with Gasteiger partial charge >= 0.3 is 6.09 Å². The highest BCUT2D eigenvalue weighted by Crippen LogP contribution is 2.19. The van der Waals surface area contributed by atoms with E-state index in [1.54, 1.807) is 19.5 Å². The van der Waals surface area contributed by atoms with Gasteiger partial charge in [0.05, 0.1) is 13.2 Å². The number of aromatic nitrogens is 2. The van der Waals surface area contributed by atoms with Gasteiger partial charge < -0.3 is 30.2 Å². The SMILES string of the molecule is COc1ccc(C[C@H]2NC[C@H](O)[C@H]2OC(=O)NCCc2ncc[nH]2)cc1. The molecule has 3 atom stereocenters. The molecule has 0 aliphatic carbocycles. The lowest BCUT2D eigenvalue weighted by Gasteiger charge is -2.22. The Hall–Kier alpha value is -2.58. The van der Waals surface area contributed by atoms with Crippen molar-refractivity contribution in [1.29, 1.82) is 0 Å². The van der Waals surface area contributed by atoms with Crippen LogP contribution in [0, 0.1) is 0 Å². The van der Waals surface area contributed by atoms with Crippen molar-refractivity contribution in [3.8, 4) is 5.75 Å². The summed E-state index contributed by atoms with van der Waals surface area (Å²) in [5.74, 6) is 1.59. The average molecular weight is 360 g/mol. The summed E-state index contributed by atoms with van der Waals surface area (Å²) in [6.45, 7) is 0.802. The second-order valence-corrected chi connectivity index (χ2v) is 6.22. The van der Waals surface area contributed by atoms with Crippen molar-refractivity contribution < 1.29 is 19.4 Å². The molecule has 0 unspecified atom stereocenters. The molecule has 1 aromatic carbocycles. The van der Waals surface area contributed by atoms with Gasteiger partial charge in [0.2, 0.25) is 0 Å². The quantitative estimate of drug-likeness (QED) is 0.577. The van der Waals surface area contributed by atoms with Crippen LogP contribution in [0.3, 0.4) is 0 Å². The Labute approximate surface area is 151 Å². The van der Waals surface area contributed by atoms with Gasteiger partial charge in [-0.25, -0.2) is 9.78 Å². The number of aliphatic hydroxyl groups is 1. The van der Waals surface area contributed by atoms with E-state index in [4.69, 9.17) is 9.47 Å². The number of imidazole rings is 1. The van der Waals surface area contributed by atoms with Crippen molar-refractivity contribution in [3.05, 3.63) is 48.0 Å². The molecule has 0 spiro atoms. The average Bonchev–Trinajstić information content (AvgIpc) is 3.28. The van der Waals surface area contributed by atoms with Gasteiger partial charge in [0.15, 0.2) is 0 Å². The van der Waals surface area contributed by atoms with Crippen LogP contribution in [-0.2, 0) is 17.6 Å². The number of alkyl carbamates (subject to hydrolysis) is 1. The Morgan fingerprint density at radius 3 is 2.88 bits per heavy atom. The molecule has 3 rings (SSSR count). The number of nitrogens with one attached hydrogen (secondary N) is 3. The van der Waals surface area contributed by atoms with Crippen LogP contribution in [0.5, 0.6) is 5.75 Å². The zero-order chi connectivity index (χ0) is 18.4. The van der Waals surface area contributed by atoms with E-state index in [1.807, 2.05) is 24.3 Å². The first-order valence-corrected chi connectivity index (χ1v) is 8.63. The van der Waals surface area contributed by atoms with Crippen molar-refractivity contribution >= 4 is 6.09 Å². The molecule has 8 nitrogen and oxygen atoms in total. The molecule has 8 heteroatoms. The number of methoxy groups -OCH3 is 1. The van der Waals surface area contributed by atoms with E-state index in [1.165, 1.54) is 0 Å². The molecule has 1 fully saturated rings. The first-order chi connectivity index (χ1) is 12.7. The minimum absolute atomic E-state index is 0.144. The molecule has 0 bridgehead atoms. The smallest absolute Gasteiger partial charge is 0.407 e. The summed E-state index contributed by atoms with van der Waals surface area (Å²) in [4.78, 5) is 19.1. The van der Waals surface area contributed by atoms with Crippen molar-refractivity contribution in [2.45, 2.75) is 31.1 Å². The molecule has 2 heterocycles. The summed E-state index contributed by atoms with van der Waals surface area (Å²) < 4.78 is 10.6. The van der Waals surface area contributed by atoms with Crippen molar-refractivity contribution in [3.63, 3.8) is 0 Å². The third kappa shape index (κ3) is 4.74. The molecule has 140 valence electrons. The van der Waals surface area contributed by atoms with Gasteiger partial charge in [-0.1, -0.05) is 12.1 Å². The first kappa shape index (κ1) is 18.2. The predicted molar refractivity (Wildman–Crippen MR) is 95.1 cm³/mol. The number of rotatable bonds is 7. The van der Waals surface area contributed by atoms with Gasteiger partial charge in [-0.15, -0.1) is 0 Å². The molecule has 1 aliphatic rings. The lowest BCUT2D eigenvalue weighted by atomic mass is 10.0. The molecule has 0 saturated carbocycles. The molecule has 1 amide bonds. The summed E-state index contributed by atoms with van der Waals surface area (Å²) in [6.07, 6.45) is 2.77. The molecule has 1 saturated heterocycles. The topological polar surface area (TPSA) is 108 Å². The molecule has 26 heavy (non-hydrogen) atoms. The number of amides is 1. The second kappa shape index (κ2) is 8.68. The molecular formula is C18H24N4O4. The maximum absolute atomic E-state index is 12.0. The van der Waals surface area contributed by atoms with Gasteiger partial charge in [0.1, 0.15) is 23.8 Å². The number of carbonyl (C=O) groups excluding carboxylic acids is 1. The fourth-order valence-electron chi connectivity index (χ4n) is 3.02. The van der Waals surface area contributed by atoms with Gasteiger partial charge in [-0.2, -0.15) is 0 Å². The summed E-state index contributed by atoms with van der Waals surface area (Å²) in [6, 6.07) is 7.56. The largest absolute Gasteiger partial charge is 0.497 e. The Bertz CT molecular complexity index is 690. The standard InChI is InChI=1S/C18H24N4O4/c1-25-13-4-2-12(3-5-13)10-14-17(15(23)11-22-14)26-18(24)21-7-6-16-19-8-9-20-16/h2-5,8-9,14-15,17,22-23H,6-7,10-11H2,1H3,(H,19,20)(H,21,24)/t14-,15+,17+/m1/s1. The van der Waals surface area contributed by atoms with Crippen molar-refractivity contribution in [2.24, 2.45) is 0 Å². The Morgan fingerprint density at radius 2 is 2.19 bits per heavy atom. The van der Waals surface area contributed by atoms with Crippen LogP contribution in [0.25, 0.3) is 0 Å². The number of β-amino-alcohol motifs (C(OH)–C–C–N with tert-alkyl or cyclic N) is 1. The summed E-state index contributed by atoms with van der Waals surface area (Å²) >= 11 is 0. The zero-order valence-corrected chi connectivity index (χ0v) is 14.6. The third-order valence-electron chi connectivity index (χ3n) is 4.41. The van der Waals surface area contributed by atoms with E-state index >= 15 is 0 Å². The Kier molecular flexibility index (Phi) is 6.08. The summed E-state index contributed by atoms with van der Waals surface area (Å²) in [5, 5.41) is 16.0. The third-order valence-corrected chi connectivity index (χ3v) is 4.41. The minimum atomic E-state index is -0.728.